The number of nitrogen functional groups attached to an aromatic ring is 1. The van der Waals surface area contributed by atoms with E-state index >= 15 is 0 Å². The smallest absolute Gasteiger partial charge is 0.148 e. The summed E-state index contributed by atoms with van der Waals surface area (Å²) in [5.41, 5.74) is 13.4. The number of nitrogens with two attached hydrogens (primary N) is 1. The third kappa shape index (κ3) is 6.10. The second-order valence-corrected chi connectivity index (χ2v) is 11.8. The number of likely N-dealkylation sites (N-methyl/N-ethyl adjacent to an activating group) is 1. The van der Waals surface area contributed by atoms with Crippen LogP contribution in [0.5, 0.6) is 0 Å². The lowest BCUT2D eigenvalue weighted by molar-refractivity contribution is 0.0658. The zero-order valence-electron chi connectivity index (χ0n) is 24.2. The number of hydrogen-bond acceptors (Lipinski definition) is 8. The number of nitrogens with zero attached hydrogens (tertiary/aromatic N) is 5. The molecule has 3 saturated heterocycles. The number of aromatic nitrogens is 2. The lowest BCUT2D eigenvalue weighted by atomic mass is 9.99. The average molecular weight is 544 g/mol. The minimum atomic E-state index is 0.360. The highest BCUT2D eigenvalue weighted by molar-refractivity contribution is 5.98. The average Bonchev–Trinajstić information content (AvgIpc) is 2.99. The van der Waals surface area contributed by atoms with Crippen LogP contribution in [0.25, 0.3) is 22.2 Å². The van der Waals surface area contributed by atoms with Crippen molar-refractivity contribution in [3.8, 4) is 11.1 Å². The molecule has 1 aromatic heterocycles. The van der Waals surface area contributed by atoms with Crippen molar-refractivity contribution in [2.45, 2.75) is 57.7 Å². The number of piperidine rings is 1. The number of hydrogen-bond donors (Lipinski definition) is 2. The molecule has 0 atom stereocenters. The Kier molecular flexibility index (Phi) is 8.48. The molecule has 214 valence electrons. The molecule has 0 bridgehead atoms. The van der Waals surface area contributed by atoms with Gasteiger partial charge in [-0.15, -0.1) is 0 Å². The standard InChI is InChI=1S/C32H45N7O/c1-3-29-32(34-25-11-19-40-20-12-25)36-30-27(7-8-28(33)31(30)35-29)24-6-4-5-23(21-24)22-38-13-9-26(10-14-38)39-17-15-37(2)16-18-39/h4-8,21,25-26H,3,9-20,22,33H2,1-2H3,(H,34,36). The first kappa shape index (κ1) is 27.4. The first-order chi connectivity index (χ1) is 19.6. The van der Waals surface area contributed by atoms with E-state index in [4.69, 9.17) is 20.4 Å². The van der Waals surface area contributed by atoms with E-state index in [0.717, 1.165) is 73.2 Å². The van der Waals surface area contributed by atoms with Crippen LogP contribution < -0.4 is 11.1 Å². The first-order valence-corrected chi connectivity index (χ1v) is 15.2. The van der Waals surface area contributed by atoms with Gasteiger partial charge in [0, 0.05) is 63.6 Å². The number of ether oxygens (including phenoxy) is 1. The van der Waals surface area contributed by atoms with Crippen molar-refractivity contribution in [2.75, 3.05) is 70.6 Å². The van der Waals surface area contributed by atoms with Crippen LogP contribution in [0.15, 0.2) is 36.4 Å². The highest BCUT2D eigenvalue weighted by atomic mass is 16.5. The molecule has 2 aromatic carbocycles. The number of benzene rings is 2. The zero-order chi connectivity index (χ0) is 27.5. The Labute approximate surface area is 238 Å². The summed E-state index contributed by atoms with van der Waals surface area (Å²) in [5.74, 6) is 0.883. The second kappa shape index (κ2) is 12.4. The first-order valence-electron chi connectivity index (χ1n) is 15.2. The van der Waals surface area contributed by atoms with Crippen molar-refractivity contribution >= 4 is 22.5 Å². The molecule has 3 aliphatic heterocycles. The van der Waals surface area contributed by atoms with Gasteiger partial charge in [-0.05, 0) is 81.6 Å². The van der Waals surface area contributed by atoms with Crippen molar-refractivity contribution in [1.82, 2.24) is 24.7 Å². The van der Waals surface area contributed by atoms with Gasteiger partial charge < -0.3 is 20.7 Å². The van der Waals surface area contributed by atoms with E-state index in [0.29, 0.717) is 11.7 Å². The normalized spacial score (nSPS) is 20.8. The van der Waals surface area contributed by atoms with E-state index in [1.54, 1.807) is 0 Å². The minimum Gasteiger partial charge on any atom is -0.397 e. The number of rotatable bonds is 7. The minimum absolute atomic E-state index is 0.360. The Morgan fingerprint density at radius 3 is 2.45 bits per heavy atom. The SMILES string of the molecule is CCc1nc2c(N)ccc(-c3cccc(CN4CCC(N5CCN(C)CC5)CC4)c3)c2nc1NC1CCOCC1. The summed E-state index contributed by atoms with van der Waals surface area (Å²) in [7, 11) is 2.24. The topological polar surface area (TPSA) is 82.8 Å². The lowest BCUT2D eigenvalue weighted by Crippen LogP contribution is -2.52. The van der Waals surface area contributed by atoms with Crippen molar-refractivity contribution in [3.63, 3.8) is 0 Å². The molecule has 8 nitrogen and oxygen atoms in total. The number of aryl methyl sites for hydroxylation is 1. The number of piperazine rings is 1. The van der Waals surface area contributed by atoms with Crippen LogP contribution in [-0.2, 0) is 17.7 Å². The molecule has 3 N–H and O–H groups in total. The lowest BCUT2D eigenvalue weighted by Gasteiger charge is -2.42. The van der Waals surface area contributed by atoms with E-state index in [9.17, 15) is 0 Å². The quantitative estimate of drug-likeness (QED) is 0.428. The number of nitrogens with one attached hydrogen (secondary N) is 1. The molecule has 3 fully saturated rings. The van der Waals surface area contributed by atoms with Gasteiger partial charge in [-0.3, -0.25) is 9.80 Å². The van der Waals surface area contributed by atoms with Crippen LogP contribution in [0.3, 0.4) is 0 Å². The Morgan fingerprint density at radius 1 is 0.925 bits per heavy atom. The maximum absolute atomic E-state index is 6.43. The predicted octanol–water partition coefficient (Wildman–Crippen LogP) is 4.24. The summed E-state index contributed by atoms with van der Waals surface area (Å²) in [6.45, 7) is 11.9. The summed E-state index contributed by atoms with van der Waals surface area (Å²) in [6.07, 6.45) is 5.32. The Balaban J connectivity index is 1.20. The van der Waals surface area contributed by atoms with Gasteiger partial charge in [-0.25, -0.2) is 9.97 Å². The van der Waals surface area contributed by atoms with E-state index in [1.165, 1.54) is 63.2 Å². The molecule has 3 aliphatic rings. The summed E-state index contributed by atoms with van der Waals surface area (Å²) in [4.78, 5) is 18.0. The number of likely N-dealkylation sites (tertiary alicyclic amines) is 1. The maximum atomic E-state index is 6.43. The molecule has 0 radical (unpaired) electrons. The predicted molar refractivity (Wildman–Crippen MR) is 164 cm³/mol. The summed E-state index contributed by atoms with van der Waals surface area (Å²) in [6, 6.07) is 14.2. The van der Waals surface area contributed by atoms with Gasteiger partial charge in [0.15, 0.2) is 0 Å². The summed E-state index contributed by atoms with van der Waals surface area (Å²) in [5, 5.41) is 3.68. The van der Waals surface area contributed by atoms with Gasteiger partial charge in [0.05, 0.1) is 11.4 Å². The molecule has 0 spiro atoms. The van der Waals surface area contributed by atoms with Gasteiger partial charge >= 0.3 is 0 Å². The van der Waals surface area contributed by atoms with Crippen LogP contribution in [0.1, 0.15) is 43.9 Å². The van der Waals surface area contributed by atoms with Gasteiger partial charge in [-0.1, -0.05) is 25.1 Å². The molecular weight excluding hydrogens is 498 g/mol. The summed E-state index contributed by atoms with van der Waals surface area (Å²) < 4.78 is 5.56. The van der Waals surface area contributed by atoms with Gasteiger partial charge in [-0.2, -0.15) is 0 Å². The van der Waals surface area contributed by atoms with Crippen molar-refractivity contribution < 1.29 is 4.74 Å². The van der Waals surface area contributed by atoms with E-state index in [1.807, 2.05) is 6.07 Å². The molecule has 0 unspecified atom stereocenters. The van der Waals surface area contributed by atoms with E-state index < -0.39 is 0 Å². The molecule has 6 rings (SSSR count). The largest absolute Gasteiger partial charge is 0.397 e. The van der Waals surface area contributed by atoms with Crippen molar-refractivity contribution in [1.29, 1.82) is 0 Å². The van der Waals surface area contributed by atoms with Crippen LogP contribution in [-0.4, -0.2) is 96.3 Å². The molecule has 3 aromatic rings. The van der Waals surface area contributed by atoms with E-state index in [2.05, 4.69) is 64.3 Å². The van der Waals surface area contributed by atoms with Crippen LogP contribution >= 0.6 is 0 Å². The van der Waals surface area contributed by atoms with Crippen LogP contribution in [0.2, 0.25) is 0 Å². The zero-order valence-corrected chi connectivity index (χ0v) is 24.2. The molecule has 40 heavy (non-hydrogen) atoms. The number of anilines is 2. The van der Waals surface area contributed by atoms with Gasteiger partial charge in [0.2, 0.25) is 0 Å². The maximum Gasteiger partial charge on any atom is 0.148 e. The molecule has 8 heteroatoms. The Morgan fingerprint density at radius 2 is 1.70 bits per heavy atom. The van der Waals surface area contributed by atoms with Crippen LogP contribution in [0, 0.1) is 0 Å². The monoisotopic (exact) mass is 543 g/mol. The summed E-state index contributed by atoms with van der Waals surface area (Å²) >= 11 is 0. The van der Waals surface area contributed by atoms with Gasteiger partial charge in [0.1, 0.15) is 16.9 Å². The fraction of sp³-hybridized carbons (Fsp3) is 0.562. The molecule has 0 amide bonds. The fourth-order valence-electron chi connectivity index (χ4n) is 6.55. The number of fused-ring (bicyclic) bond motifs is 1. The second-order valence-electron chi connectivity index (χ2n) is 11.8. The van der Waals surface area contributed by atoms with Crippen LogP contribution in [0.4, 0.5) is 11.5 Å². The molecule has 0 aliphatic carbocycles. The Bertz CT molecular complexity index is 1290. The third-order valence-corrected chi connectivity index (χ3v) is 9.08. The molecular formula is C32H45N7O. The molecule has 4 heterocycles. The van der Waals surface area contributed by atoms with Crippen molar-refractivity contribution in [3.05, 3.63) is 47.7 Å². The highest BCUT2D eigenvalue weighted by Crippen LogP contribution is 2.33. The fourth-order valence-corrected chi connectivity index (χ4v) is 6.55. The van der Waals surface area contributed by atoms with Crippen molar-refractivity contribution in [2.24, 2.45) is 0 Å². The Hall–Kier alpha value is -2.78. The van der Waals surface area contributed by atoms with Gasteiger partial charge in [0.25, 0.3) is 0 Å². The highest BCUT2D eigenvalue weighted by Gasteiger charge is 2.27. The third-order valence-electron chi connectivity index (χ3n) is 9.08. The van der Waals surface area contributed by atoms with E-state index in [-0.39, 0.29) is 0 Å². The molecule has 0 saturated carbocycles.